The molecule has 29 heavy (non-hydrogen) atoms. The first-order valence-electron chi connectivity index (χ1n) is 9.04. The molecule has 1 N–H and O–H groups in total. The van der Waals surface area contributed by atoms with Gasteiger partial charge in [-0.15, -0.1) is 0 Å². The molecular weight excluding hydrogens is 395 g/mol. The zero-order valence-corrected chi connectivity index (χ0v) is 18.1. The minimum Gasteiger partial charge on any atom is -0.444 e. The predicted molar refractivity (Wildman–Crippen MR) is 109 cm³/mol. The lowest BCUT2D eigenvalue weighted by molar-refractivity contribution is 0.0497. The highest BCUT2D eigenvalue weighted by Crippen LogP contribution is 2.56. The van der Waals surface area contributed by atoms with Crippen LogP contribution in [0.5, 0.6) is 0 Å². The molecule has 0 saturated carbocycles. The number of hydrogen-bond donors (Lipinski definition) is 1. The maximum absolute atomic E-state index is 13.4. The van der Waals surface area contributed by atoms with Crippen molar-refractivity contribution in [1.82, 2.24) is 9.88 Å². The van der Waals surface area contributed by atoms with E-state index in [0.29, 0.717) is 5.56 Å². The lowest BCUT2D eigenvalue weighted by atomic mass is 10.0. The van der Waals surface area contributed by atoms with Crippen LogP contribution in [-0.2, 0) is 18.3 Å². The van der Waals surface area contributed by atoms with Crippen molar-refractivity contribution in [2.24, 2.45) is 0 Å². The van der Waals surface area contributed by atoms with Gasteiger partial charge in [-0.3, -0.25) is 13.9 Å². The minimum absolute atomic E-state index is 0.549. The SMILES string of the molecule is COP(=O)(OC)C(C(=O)n1cccc1)[C@@H](NC(=O)OC(C)(C)C)c1ccccc1. The highest BCUT2D eigenvalue weighted by atomic mass is 31.2. The number of rotatable bonds is 7. The molecule has 0 aliphatic carbocycles. The zero-order chi connectivity index (χ0) is 21.7. The number of alkyl carbamates (subject to hydrolysis) is 1. The Morgan fingerprint density at radius 3 is 2.03 bits per heavy atom. The molecule has 1 aromatic carbocycles. The summed E-state index contributed by atoms with van der Waals surface area (Å²) in [6.45, 7) is 5.17. The van der Waals surface area contributed by atoms with E-state index in [2.05, 4.69) is 5.32 Å². The lowest BCUT2D eigenvalue weighted by Crippen LogP contribution is -2.44. The lowest BCUT2D eigenvalue weighted by Gasteiger charge is -2.32. The number of nitrogens with one attached hydrogen (secondary N) is 1. The Morgan fingerprint density at radius 2 is 1.55 bits per heavy atom. The fourth-order valence-corrected chi connectivity index (χ4v) is 4.45. The van der Waals surface area contributed by atoms with Gasteiger partial charge in [-0.05, 0) is 38.5 Å². The second-order valence-corrected chi connectivity index (χ2v) is 9.68. The van der Waals surface area contributed by atoms with Gasteiger partial charge in [0.15, 0.2) is 5.66 Å². The van der Waals surface area contributed by atoms with Gasteiger partial charge in [0.05, 0.1) is 6.04 Å². The van der Waals surface area contributed by atoms with Gasteiger partial charge in [0, 0.05) is 26.6 Å². The third kappa shape index (κ3) is 5.79. The third-order valence-electron chi connectivity index (χ3n) is 4.11. The Morgan fingerprint density at radius 1 is 1.00 bits per heavy atom. The molecule has 9 heteroatoms. The molecule has 1 unspecified atom stereocenters. The highest BCUT2D eigenvalue weighted by Gasteiger charge is 2.47. The maximum atomic E-state index is 13.4. The van der Waals surface area contributed by atoms with Crippen molar-refractivity contribution in [2.45, 2.75) is 38.1 Å². The summed E-state index contributed by atoms with van der Waals surface area (Å²) in [7, 11) is -1.55. The van der Waals surface area contributed by atoms with E-state index >= 15 is 0 Å². The molecule has 0 aliphatic heterocycles. The van der Waals surface area contributed by atoms with Crippen LogP contribution in [0.15, 0.2) is 54.9 Å². The Bertz CT molecular complexity index is 853. The number of ether oxygens (including phenoxy) is 1. The Kier molecular flexibility index (Phi) is 7.41. The first-order chi connectivity index (χ1) is 13.6. The Labute approximate surface area is 170 Å². The van der Waals surface area contributed by atoms with Crippen molar-refractivity contribution < 1.29 is 27.9 Å². The number of benzene rings is 1. The summed E-state index contributed by atoms with van der Waals surface area (Å²) in [6.07, 6.45) is 2.30. The molecule has 0 bridgehead atoms. The normalized spacial score (nSPS) is 14.1. The van der Waals surface area contributed by atoms with E-state index in [-0.39, 0.29) is 0 Å². The van der Waals surface area contributed by atoms with Crippen LogP contribution in [0.25, 0.3) is 0 Å². The van der Waals surface area contributed by atoms with E-state index in [4.69, 9.17) is 13.8 Å². The quantitative estimate of drug-likeness (QED) is 0.670. The van der Waals surface area contributed by atoms with E-state index in [9.17, 15) is 14.2 Å². The number of aromatic nitrogens is 1. The van der Waals surface area contributed by atoms with Crippen molar-refractivity contribution >= 4 is 19.6 Å². The number of amides is 1. The summed E-state index contributed by atoms with van der Waals surface area (Å²) < 4.78 is 30.3. The average Bonchev–Trinajstić information content (AvgIpc) is 3.21. The van der Waals surface area contributed by atoms with Crippen LogP contribution in [-0.4, -0.2) is 42.0 Å². The molecule has 8 nitrogen and oxygen atoms in total. The molecule has 0 spiro atoms. The number of carbonyl (C=O) groups excluding carboxylic acids is 2. The van der Waals surface area contributed by atoms with Gasteiger partial charge in [0.2, 0.25) is 5.91 Å². The van der Waals surface area contributed by atoms with E-state index in [1.807, 2.05) is 0 Å². The summed E-state index contributed by atoms with van der Waals surface area (Å²) >= 11 is 0. The van der Waals surface area contributed by atoms with Crippen LogP contribution in [0.2, 0.25) is 0 Å². The van der Waals surface area contributed by atoms with Crippen LogP contribution in [0.4, 0.5) is 4.79 Å². The van der Waals surface area contributed by atoms with Gasteiger partial charge < -0.3 is 19.1 Å². The van der Waals surface area contributed by atoms with Crippen LogP contribution in [0, 0.1) is 0 Å². The summed E-state index contributed by atoms with van der Waals surface area (Å²) in [5.41, 5.74) is -1.55. The van der Waals surface area contributed by atoms with Crippen molar-refractivity contribution in [3.63, 3.8) is 0 Å². The first-order valence-corrected chi connectivity index (χ1v) is 10.7. The fourth-order valence-electron chi connectivity index (χ4n) is 2.84. The van der Waals surface area contributed by atoms with Gasteiger partial charge >= 0.3 is 13.7 Å². The molecular formula is C20H27N2O6P. The third-order valence-corrected chi connectivity index (χ3v) is 6.33. The van der Waals surface area contributed by atoms with Gasteiger partial charge in [0.25, 0.3) is 0 Å². The fraction of sp³-hybridized carbons (Fsp3) is 0.400. The zero-order valence-electron chi connectivity index (χ0n) is 17.2. The average molecular weight is 422 g/mol. The van der Waals surface area contributed by atoms with Gasteiger partial charge in [0.1, 0.15) is 5.60 Å². The molecule has 0 radical (unpaired) electrons. The topological polar surface area (TPSA) is 95.9 Å². The van der Waals surface area contributed by atoms with Crippen molar-refractivity contribution in [3.8, 4) is 0 Å². The van der Waals surface area contributed by atoms with Crippen LogP contribution >= 0.6 is 7.60 Å². The predicted octanol–water partition coefficient (Wildman–Crippen LogP) is 4.25. The molecule has 1 aromatic heterocycles. The van der Waals surface area contributed by atoms with E-state index < -0.39 is 36.9 Å². The second-order valence-electron chi connectivity index (χ2n) is 7.31. The summed E-state index contributed by atoms with van der Waals surface area (Å²) in [4.78, 5) is 25.8. The second kappa shape index (κ2) is 9.39. The summed E-state index contributed by atoms with van der Waals surface area (Å²) in [5, 5.41) is 2.68. The van der Waals surface area contributed by atoms with Crippen molar-refractivity contribution in [2.75, 3.05) is 14.2 Å². The van der Waals surface area contributed by atoms with E-state index in [0.717, 1.165) is 0 Å². The number of carbonyl (C=O) groups is 2. The molecule has 0 saturated heterocycles. The monoisotopic (exact) mass is 422 g/mol. The highest BCUT2D eigenvalue weighted by molar-refractivity contribution is 7.55. The van der Waals surface area contributed by atoms with E-state index in [1.165, 1.54) is 31.2 Å². The molecule has 1 heterocycles. The largest absolute Gasteiger partial charge is 0.444 e. The van der Waals surface area contributed by atoms with Gasteiger partial charge in [-0.1, -0.05) is 30.3 Å². The van der Waals surface area contributed by atoms with Crippen LogP contribution in [0.1, 0.15) is 37.2 Å². The number of nitrogens with zero attached hydrogens (tertiary/aromatic N) is 1. The van der Waals surface area contributed by atoms with Gasteiger partial charge in [-0.25, -0.2) is 4.79 Å². The molecule has 1 amide bonds. The molecule has 0 aliphatic rings. The summed E-state index contributed by atoms with van der Waals surface area (Å²) in [5.74, 6) is -0.549. The summed E-state index contributed by atoms with van der Waals surface area (Å²) in [6, 6.07) is 11.0. The molecule has 0 fully saturated rings. The molecule has 2 atom stereocenters. The van der Waals surface area contributed by atoms with Crippen molar-refractivity contribution in [1.29, 1.82) is 0 Å². The Balaban J connectivity index is 2.55. The standard InChI is InChI=1S/C20H27N2O6P/c1-20(2,3)28-19(24)21-16(15-11-7-6-8-12-15)17(29(25,26-4)27-5)18(23)22-13-9-10-14-22/h6-14,16-17H,1-5H3,(H,21,24)/t16-,17?/m0/s1. The molecule has 2 rings (SSSR count). The molecule has 2 aromatic rings. The first kappa shape index (κ1) is 22.9. The number of hydrogen-bond acceptors (Lipinski definition) is 6. The van der Waals surface area contributed by atoms with Crippen molar-refractivity contribution in [3.05, 3.63) is 60.4 Å². The Hall–Kier alpha value is -2.41. The van der Waals surface area contributed by atoms with E-state index in [1.54, 1.807) is 63.2 Å². The smallest absolute Gasteiger partial charge is 0.408 e. The minimum atomic E-state index is -3.96. The van der Waals surface area contributed by atoms with Crippen LogP contribution < -0.4 is 5.32 Å². The van der Waals surface area contributed by atoms with Crippen LogP contribution in [0.3, 0.4) is 0 Å². The molecule has 158 valence electrons. The maximum Gasteiger partial charge on any atom is 0.408 e. The van der Waals surface area contributed by atoms with Gasteiger partial charge in [-0.2, -0.15) is 0 Å².